The first-order valence-corrected chi connectivity index (χ1v) is 6.71. The smallest absolute Gasteiger partial charge is 0.197 e. The lowest BCUT2D eigenvalue weighted by atomic mass is 9.94. The van der Waals surface area contributed by atoms with Gasteiger partial charge in [-0.25, -0.2) is 0 Å². The summed E-state index contributed by atoms with van der Waals surface area (Å²) in [7, 11) is 1.49. The van der Waals surface area contributed by atoms with Crippen molar-refractivity contribution >= 4 is 22.9 Å². The van der Waals surface area contributed by atoms with Crippen molar-refractivity contribution in [2.75, 3.05) is 7.11 Å². The Kier molecular flexibility index (Phi) is 4.28. The van der Waals surface area contributed by atoms with Crippen LogP contribution in [-0.4, -0.2) is 18.7 Å². The molecule has 0 bridgehead atoms. The molecule has 1 aromatic carbocycles. The second-order valence-corrected chi connectivity index (χ2v) is 4.95. The monoisotopic (exact) mass is 285 g/mol. The SMILES string of the molecule is COc1cccc(C(=O)C(C#N)C(=O)c2cccs2)c1. The van der Waals surface area contributed by atoms with Crippen LogP contribution in [0.25, 0.3) is 0 Å². The molecule has 0 saturated heterocycles. The number of nitriles is 1. The number of Topliss-reactive ketones (excluding diaryl/α,β-unsaturated/α-hetero) is 2. The molecule has 1 aromatic heterocycles. The largest absolute Gasteiger partial charge is 0.497 e. The number of hydrogen-bond acceptors (Lipinski definition) is 5. The second kappa shape index (κ2) is 6.13. The minimum absolute atomic E-state index is 0.292. The van der Waals surface area contributed by atoms with E-state index in [9.17, 15) is 9.59 Å². The molecule has 0 radical (unpaired) electrons. The Hall–Kier alpha value is -2.45. The molecule has 100 valence electrons. The van der Waals surface area contributed by atoms with Crippen LogP contribution in [0.3, 0.4) is 0 Å². The van der Waals surface area contributed by atoms with Gasteiger partial charge in [-0.1, -0.05) is 18.2 Å². The van der Waals surface area contributed by atoms with Crippen molar-refractivity contribution in [1.82, 2.24) is 0 Å². The zero-order chi connectivity index (χ0) is 14.5. The molecule has 0 spiro atoms. The average molecular weight is 285 g/mol. The lowest BCUT2D eigenvalue weighted by Crippen LogP contribution is -2.22. The topological polar surface area (TPSA) is 67.2 Å². The number of rotatable bonds is 5. The first kappa shape index (κ1) is 14.0. The number of ketones is 2. The van der Waals surface area contributed by atoms with Crippen molar-refractivity contribution in [3.8, 4) is 11.8 Å². The Balaban J connectivity index is 2.30. The number of carbonyl (C=O) groups excluding carboxylic acids is 2. The van der Waals surface area contributed by atoms with Gasteiger partial charge in [-0.2, -0.15) is 5.26 Å². The first-order chi connectivity index (χ1) is 9.67. The Labute approximate surface area is 120 Å². The maximum absolute atomic E-state index is 12.3. The third-order valence-corrected chi connectivity index (χ3v) is 3.66. The predicted molar refractivity (Wildman–Crippen MR) is 75.1 cm³/mol. The Morgan fingerprint density at radius 1 is 1.25 bits per heavy atom. The van der Waals surface area contributed by atoms with Crippen LogP contribution in [0.4, 0.5) is 0 Å². The highest BCUT2D eigenvalue weighted by atomic mass is 32.1. The van der Waals surface area contributed by atoms with Gasteiger partial charge in [0.1, 0.15) is 5.75 Å². The molecule has 5 heteroatoms. The average Bonchev–Trinajstić information content (AvgIpc) is 3.02. The second-order valence-electron chi connectivity index (χ2n) is 4.00. The molecule has 4 nitrogen and oxygen atoms in total. The molecule has 0 N–H and O–H groups in total. The lowest BCUT2D eigenvalue weighted by Gasteiger charge is -2.07. The maximum Gasteiger partial charge on any atom is 0.197 e. The maximum atomic E-state index is 12.3. The van der Waals surface area contributed by atoms with E-state index in [0.717, 1.165) is 0 Å². The molecule has 1 atom stereocenters. The van der Waals surface area contributed by atoms with Gasteiger partial charge in [0.15, 0.2) is 17.5 Å². The molecule has 1 unspecified atom stereocenters. The molecular weight excluding hydrogens is 274 g/mol. The zero-order valence-electron chi connectivity index (χ0n) is 10.7. The van der Waals surface area contributed by atoms with E-state index in [0.29, 0.717) is 16.2 Å². The van der Waals surface area contributed by atoms with Gasteiger partial charge in [-0.3, -0.25) is 9.59 Å². The van der Waals surface area contributed by atoms with Crippen LogP contribution in [0.5, 0.6) is 5.75 Å². The summed E-state index contributed by atoms with van der Waals surface area (Å²) >= 11 is 1.22. The predicted octanol–water partition coefficient (Wildman–Crippen LogP) is 2.96. The number of thiophene rings is 1. The molecule has 0 saturated carbocycles. The molecule has 0 aliphatic carbocycles. The van der Waals surface area contributed by atoms with E-state index in [-0.39, 0.29) is 0 Å². The number of carbonyl (C=O) groups is 2. The molecule has 0 aliphatic rings. The van der Waals surface area contributed by atoms with Gasteiger partial charge in [0, 0.05) is 5.56 Å². The summed E-state index contributed by atoms with van der Waals surface area (Å²) in [5.74, 6) is -1.78. The van der Waals surface area contributed by atoms with Crippen molar-refractivity contribution in [3.05, 3.63) is 52.2 Å². The lowest BCUT2D eigenvalue weighted by molar-refractivity contribution is 0.0848. The van der Waals surface area contributed by atoms with E-state index < -0.39 is 17.5 Å². The van der Waals surface area contributed by atoms with Crippen LogP contribution in [0, 0.1) is 17.2 Å². The summed E-state index contributed by atoms with van der Waals surface area (Å²) in [6.45, 7) is 0. The van der Waals surface area contributed by atoms with Crippen molar-refractivity contribution in [2.24, 2.45) is 5.92 Å². The molecular formula is C15H11NO3S. The van der Waals surface area contributed by atoms with E-state index in [1.807, 2.05) is 0 Å². The number of methoxy groups -OCH3 is 1. The zero-order valence-corrected chi connectivity index (χ0v) is 11.5. The van der Waals surface area contributed by atoms with E-state index in [1.54, 1.807) is 41.8 Å². The minimum atomic E-state index is -1.32. The van der Waals surface area contributed by atoms with Gasteiger partial charge in [-0.15, -0.1) is 11.3 Å². The van der Waals surface area contributed by atoms with Crippen LogP contribution in [0.15, 0.2) is 41.8 Å². The minimum Gasteiger partial charge on any atom is -0.497 e. The molecule has 1 heterocycles. The van der Waals surface area contributed by atoms with Gasteiger partial charge in [0.2, 0.25) is 0 Å². The quantitative estimate of drug-likeness (QED) is 0.625. The van der Waals surface area contributed by atoms with Crippen molar-refractivity contribution in [2.45, 2.75) is 0 Å². The van der Waals surface area contributed by atoms with Crippen LogP contribution >= 0.6 is 11.3 Å². The summed E-state index contributed by atoms with van der Waals surface area (Å²) < 4.78 is 5.03. The molecule has 2 aromatic rings. The fraction of sp³-hybridized carbons (Fsp3) is 0.133. The van der Waals surface area contributed by atoms with Crippen LogP contribution < -0.4 is 4.74 Å². The number of hydrogen-bond donors (Lipinski definition) is 0. The Morgan fingerprint density at radius 2 is 2.05 bits per heavy atom. The summed E-state index contributed by atoms with van der Waals surface area (Å²) in [5, 5.41) is 10.9. The fourth-order valence-electron chi connectivity index (χ4n) is 1.74. The Morgan fingerprint density at radius 3 is 2.65 bits per heavy atom. The van der Waals surface area contributed by atoms with Gasteiger partial charge in [0.25, 0.3) is 0 Å². The van der Waals surface area contributed by atoms with Crippen LogP contribution in [0.2, 0.25) is 0 Å². The van der Waals surface area contributed by atoms with Crippen molar-refractivity contribution < 1.29 is 14.3 Å². The normalized spacial score (nSPS) is 11.4. The van der Waals surface area contributed by atoms with E-state index >= 15 is 0 Å². The van der Waals surface area contributed by atoms with E-state index in [2.05, 4.69) is 0 Å². The molecule has 0 amide bonds. The third-order valence-electron chi connectivity index (χ3n) is 2.77. The first-order valence-electron chi connectivity index (χ1n) is 5.83. The van der Waals surface area contributed by atoms with Crippen molar-refractivity contribution in [1.29, 1.82) is 5.26 Å². The van der Waals surface area contributed by atoms with Gasteiger partial charge < -0.3 is 4.74 Å². The van der Waals surface area contributed by atoms with E-state index in [1.165, 1.54) is 24.5 Å². The summed E-state index contributed by atoms with van der Waals surface area (Å²) in [6.07, 6.45) is 0. The van der Waals surface area contributed by atoms with E-state index in [4.69, 9.17) is 10.00 Å². The van der Waals surface area contributed by atoms with Crippen LogP contribution in [0.1, 0.15) is 20.0 Å². The Bertz CT molecular complexity index is 671. The summed E-state index contributed by atoms with van der Waals surface area (Å²) in [6, 6.07) is 11.5. The molecule has 0 aliphatic heterocycles. The summed E-state index contributed by atoms with van der Waals surface area (Å²) in [5.41, 5.74) is 0.292. The van der Waals surface area contributed by atoms with Crippen LogP contribution in [-0.2, 0) is 0 Å². The number of nitrogens with zero attached hydrogens (tertiary/aromatic N) is 1. The standard InChI is InChI=1S/C15H11NO3S/c1-19-11-5-2-4-10(8-11)14(17)12(9-16)15(18)13-6-3-7-20-13/h2-8,12H,1H3. The third kappa shape index (κ3) is 2.76. The van der Waals surface area contributed by atoms with Gasteiger partial charge >= 0.3 is 0 Å². The highest BCUT2D eigenvalue weighted by Crippen LogP contribution is 2.20. The highest BCUT2D eigenvalue weighted by Gasteiger charge is 2.29. The number of benzene rings is 1. The fourth-order valence-corrected chi connectivity index (χ4v) is 2.44. The summed E-state index contributed by atoms with van der Waals surface area (Å²) in [4.78, 5) is 24.8. The van der Waals surface area contributed by atoms with Gasteiger partial charge in [-0.05, 0) is 23.6 Å². The molecule has 2 rings (SSSR count). The van der Waals surface area contributed by atoms with Crippen molar-refractivity contribution in [3.63, 3.8) is 0 Å². The highest BCUT2D eigenvalue weighted by molar-refractivity contribution is 7.12. The number of ether oxygens (including phenoxy) is 1. The van der Waals surface area contributed by atoms with Gasteiger partial charge in [0.05, 0.1) is 18.1 Å². The molecule has 0 fully saturated rings. The molecule has 20 heavy (non-hydrogen) atoms.